The van der Waals surface area contributed by atoms with Crippen LogP contribution in [-0.4, -0.2) is 44.1 Å². The average Bonchev–Trinajstić information content (AvgIpc) is 2.74. The minimum Gasteiger partial charge on any atom is -0.443 e. The molecule has 0 saturated carbocycles. The molecule has 188 valence electrons. The van der Waals surface area contributed by atoms with Gasteiger partial charge in [-0.25, -0.2) is 22.4 Å². The van der Waals surface area contributed by atoms with Crippen LogP contribution in [0.4, 0.5) is 9.18 Å². The van der Waals surface area contributed by atoms with Crippen molar-refractivity contribution in [1.29, 1.82) is 0 Å². The lowest BCUT2D eigenvalue weighted by Gasteiger charge is -2.26. The maximum Gasteiger partial charge on any atom is 0.444 e. The van der Waals surface area contributed by atoms with Crippen LogP contribution in [0.2, 0.25) is 0 Å². The van der Waals surface area contributed by atoms with E-state index < -0.39 is 37.1 Å². The number of rotatable bonds is 9. The number of carbonyl (C=O) groups excluding carboxylic acids is 1. The Morgan fingerprint density at radius 3 is 2.44 bits per heavy atom. The van der Waals surface area contributed by atoms with Crippen LogP contribution in [0.3, 0.4) is 0 Å². The van der Waals surface area contributed by atoms with Gasteiger partial charge in [-0.2, -0.15) is 0 Å². The largest absolute Gasteiger partial charge is 0.444 e. The van der Waals surface area contributed by atoms with E-state index in [0.717, 1.165) is 0 Å². The molecule has 0 fully saturated rings. The van der Waals surface area contributed by atoms with Crippen LogP contribution in [0.1, 0.15) is 50.8 Å². The van der Waals surface area contributed by atoms with Gasteiger partial charge in [0.05, 0.1) is 23.3 Å². The minimum absolute atomic E-state index is 0.0214. The van der Waals surface area contributed by atoms with Gasteiger partial charge in [0.1, 0.15) is 6.61 Å². The van der Waals surface area contributed by atoms with Crippen LogP contribution in [-0.2, 0) is 23.2 Å². The molecule has 1 aromatic carbocycles. The molecule has 1 amide bonds. The number of aromatic amines is 1. The third-order valence-electron chi connectivity index (χ3n) is 4.98. The van der Waals surface area contributed by atoms with Crippen molar-refractivity contribution in [1.82, 2.24) is 9.66 Å². The molecule has 0 aliphatic heterocycles. The van der Waals surface area contributed by atoms with Gasteiger partial charge in [0.25, 0.3) is 15.6 Å². The topological polar surface area (TPSA) is 128 Å². The van der Waals surface area contributed by atoms with Crippen LogP contribution in [0.5, 0.6) is 0 Å². The predicted molar refractivity (Wildman–Crippen MR) is 135 cm³/mol. The van der Waals surface area contributed by atoms with E-state index in [9.17, 15) is 22.8 Å². The molecule has 2 atom stereocenters. The van der Waals surface area contributed by atoms with Gasteiger partial charge in [-0.05, 0) is 65.6 Å². The summed E-state index contributed by atoms with van der Waals surface area (Å²) in [7, 11) is -3.02. The monoisotopic (exact) mass is 611 g/mol. The molecular weight excluding hydrogens is 584 g/mol. The molecule has 13 heteroatoms. The van der Waals surface area contributed by atoms with Crippen LogP contribution >= 0.6 is 22.6 Å². The van der Waals surface area contributed by atoms with E-state index in [1.807, 2.05) is 6.92 Å². The lowest BCUT2D eigenvalue weighted by Crippen LogP contribution is -2.56. The Morgan fingerprint density at radius 2 is 1.97 bits per heavy atom. The lowest BCUT2D eigenvalue weighted by molar-refractivity contribution is 0.0976. The van der Waals surface area contributed by atoms with Crippen molar-refractivity contribution in [3.63, 3.8) is 0 Å². The van der Waals surface area contributed by atoms with Crippen LogP contribution in [0.25, 0.3) is 10.9 Å². The lowest BCUT2D eigenvalue weighted by atomic mass is 9.94. The fraction of sp³-hybridized carbons (Fsp3) is 0.476. The van der Waals surface area contributed by atoms with E-state index in [2.05, 4.69) is 11.6 Å². The number of benzene rings is 1. The first-order chi connectivity index (χ1) is 15.7. The Bertz CT molecular complexity index is 1330. The normalized spacial score (nSPS) is 14.4. The number of aromatic nitrogens is 2. The molecule has 1 heterocycles. The highest BCUT2D eigenvalue weighted by Gasteiger charge is 2.34. The molecule has 0 radical (unpaired) electrons. The highest BCUT2D eigenvalue weighted by Crippen LogP contribution is 2.42. The number of ether oxygens (including phenoxy) is 2. The number of hydrogen-bond acceptors (Lipinski definition) is 7. The van der Waals surface area contributed by atoms with Gasteiger partial charge in [-0.1, -0.05) is 24.8 Å². The smallest absolute Gasteiger partial charge is 0.443 e. The van der Waals surface area contributed by atoms with Crippen molar-refractivity contribution >= 4 is 49.6 Å². The standard InChI is InChI=1S/C21H27FIN3O7S/c1-7-17(32-5)13-9-14-16(10-15(13)21(22,23)8-2)24-19(28)25(18(14)27)26(34(6,30)31)20(29)33-11-12(3)4/h9-10,17H,3,7-8,11H2,1-2,4-6H3,(H,24,28). The Labute approximate surface area is 209 Å². The first-order valence-corrected chi connectivity index (χ1v) is 13.2. The molecule has 0 bridgehead atoms. The minimum atomic E-state index is -4.46. The van der Waals surface area contributed by atoms with E-state index >= 15 is 4.39 Å². The zero-order chi connectivity index (χ0) is 26.0. The molecule has 10 nitrogen and oxygen atoms in total. The number of hydrogen-bond donors (Lipinski definition) is 1. The number of halogens is 2. The van der Waals surface area contributed by atoms with Crippen LogP contribution < -0.4 is 15.7 Å². The summed E-state index contributed by atoms with van der Waals surface area (Å²) in [5.74, 6) is 0. The summed E-state index contributed by atoms with van der Waals surface area (Å²) in [5.41, 5.74) is -1.36. The number of alkyl halides is 2. The second-order valence-corrected chi connectivity index (χ2v) is 11.3. The van der Waals surface area contributed by atoms with E-state index in [-0.39, 0.29) is 38.6 Å². The van der Waals surface area contributed by atoms with Crippen molar-refractivity contribution in [2.75, 3.05) is 24.4 Å². The highest BCUT2D eigenvalue weighted by atomic mass is 127. The van der Waals surface area contributed by atoms with Crippen molar-refractivity contribution in [3.05, 3.63) is 56.2 Å². The van der Waals surface area contributed by atoms with Crippen LogP contribution in [0.15, 0.2) is 33.9 Å². The Kier molecular flexibility index (Phi) is 8.69. The summed E-state index contributed by atoms with van der Waals surface area (Å²) >= 11 is 1.64. The summed E-state index contributed by atoms with van der Waals surface area (Å²) in [5, 5.41) is -0.140. The van der Waals surface area contributed by atoms with Gasteiger partial charge < -0.3 is 14.5 Å². The second-order valence-electron chi connectivity index (χ2n) is 7.74. The van der Waals surface area contributed by atoms with Crippen molar-refractivity contribution in [3.8, 4) is 0 Å². The third kappa shape index (κ3) is 5.68. The fourth-order valence-electron chi connectivity index (χ4n) is 3.33. The Hall–Kier alpha value is -2.26. The molecule has 2 aromatic rings. The second kappa shape index (κ2) is 10.6. The number of fused-ring (bicyclic) bond motifs is 1. The molecule has 1 N–H and O–H groups in total. The average molecular weight is 611 g/mol. The number of methoxy groups -OCH3 is 1. The Morgan fingerprint density at radius 1 is 1.35 bits per heavy atom. The predicted octanol–water partition coefficient (Wildman–Crippen LogP) is 3.36. The van der Waals surface area contributed by atoms with Gasteiger partial charge >= 0.3 is 11.8 Å². The molecule has 0 saturated heterocycles. The number of nitrogens with one attached hydrogen (secondary N) is 1. The van der Waals surface area contributed by atoms with Gasteiger partial charge in [0, 0.05) is 12.7 Å². The first kappa shape index (κ1) is 28.0. The molecular formula is C21H27FIN3O7S. The van der Waals surface area contributed by atoms with Gasteiger partial charge in [-0.15, -0.1) is 4.68 Å². The van der Waals surface area contributed by atoms with E-state index in [0.29, 0.717) is 23.8 Å². The van der Waals surface area contributed by atoms with Crippen LogP contribution in [0, 0.1) is 0 Å². The quantitative estimate of drug-likeness (QED) is 0.262. The van der Waals surface area contributed by atoms with Crippen molar-refractivity contribution in [2.24, 2.45) is 0 Å². The molecule has 34 heavy (non-hydrogen) atoms. The SMILES string of the molecule is C=C(C)COC(=O)N(n1c(=O)[nH]c2cc(C(F)(I)CC)c(C(CC)OC)cc2c1=O)S(C)(=O)=O. The van der Waals surface area contributed by atoms with Gasteiger partial charge in [-0.3, -0.25) is 4.79 Å². The molecule has 2 unspecified atom stereocenters. The summed E-state index contributed by atoms with van der Waals surface area (Å²) in [6, 6.07) is 2.68. The van der Waals surface area contributed by atoms with E-state index in [1.165, 1.54) is 19.2 Å². The number of nitrogens with zero attached hydrogens (tertiary/aromatic N) is 2. The third-order valence-corrected chi connectivity index (χ3v) is 7.27. The summed E-state index contributed by atoms with van der Waals surface area (Å²) in [4.78, 5) is 41.0. The van der Waals surface area contributed by atoms with Crippen molar-refractivity contribution in [2.45, 2.75) is 43.4 Å². The van der Waals surface area contributed by atoms with E-state index in [1.54, 1.807) is 36.4 Å². The van der Waals surface area contributed by atoms with Gasteiger partial charge in [0.15, 0.2) is 3.68 Å². The summed E-state index contributed by atoms with van der Waals surface area (Å²) < 4.78 is 48.7. The molecule has 0 aliphatic carbocycles. The summed E-state index contributed by atoms with van der Waals surface area (Å²) in [6.07, 6.45) is -0.844. The fourth-order valence-corrected chi connectivity index (χ4v) is 4.56. The zero-order valence-corrected chi connectivity index (χ0v) is 22.5. The Balaban J connectivity index is 2.92. The first-order valence-electron chi connectivity index (χ1n) is 10.2. The molecule has 0 aliphatic rings. The number of sulfonamides is 1. The number of H-pyrrole nitrogens is 1. The van der Waals surface area contributed by atoms with Gasteiger partial charge in [0.2, 0.25) is 0 Å². The zero-order valence-electron chi connectivity index (χ0n) is 19.5. The maximum absolute atomic E-state index is 15.4. The summed E-state index contributed by atoms with van der Waals surface area (Å²) in [6.45, 7) is 8.23. The molecule has 2 rings (SSSR count). The number of amides is 1. The number of carbonyl (C=O) groups is 1. The maximum atomic E-state index is 15.4. The van der Waals surface area contributed by atoms with Crippen molar-refractivity contribution < 1.29 is 27.1 Å². The van der Waals surface area contributed by atoms with E-state index in [4.69, 9.17) is 9.47 Å². The highest BCUT2D eigenvalue weighted by molar-refractivity contribution is 14.1. The molecule has 0 spiro atoms. The molecule has 1 aromatic heterocycles.